The molecule has 0 spiro atoms. The molecule has 1 aromatic heterocycles. The first-order valence-electron chi connectivity index (χ1n) is 8.49. The van der Waals surface area contributed by atoms with Crippen LogP contribution in [0.1, 0.15) is 12.0 Å². The van der Waals surface area contributed by atoms with Crippen LogP contribution in [-0.4, -0.2) is 41.6 Å². The zero-order valence-corrected chi connectivity index (χ0v) is 15.1. The molecule has 0 aliphatic carbocycles. The summed E-state index contributed by atoms with van der Waals surface area (Å²) in [6, 6.07) is 10.9. The first kappa shape index (κ1) is 17.5. The Hall–Kier alpha value is -2.27. The summed E-state index contributed by atoms with van der Waals surface area (Å²) in [6.45, 7) is 5.45. The Bertz CT molecular complexity index is 810. The minimum absolute atomic E-state index is 0.0726. The summed E-state index contributed by atoms with van der Waals surface area (Å²) in [5.74, 6) is 0.0956. The number of aryl methyl sites for hydroxylation is 2. The number of pyridine rings is 1. The molecule has 0 saturated carbocycles. The number of rotatable bonds is 4. The van der Waals surface area contributed by atoms with Crippen molar-refractivity contribution in [3.05, 3.63) is 63.5 Å². The van der Waals surface area contributed by atoms with E-state index < -0.39 is 0 Å². The molecule has 25 heavy (non-hydrogen) atoms. The normalized spacial score (nSPS) is 14.6. The lowest BCUT2D eigenvalue weighted by Gasteiger charge is -2.37. The van der Waals surface area contributed by atoms with Gasteiger partial charge < -0.3 is 14.4 Å². The molecule has 132 valence electrons. The maximum Gasteiger partial charge on any atom is 0.250 e. The van der Waals surface area contributed by atoms with Crippen LogP contribution in [0.5, 0.6) is 0 Å². The third-order valence-corrected chi connectivity index (χ3v) is 4.84. The first-order chi connectivity index (χ1) is 12.0. The molecule has 0 atom stereocenters. The SMILES string of the molecule is Cc1ccc(Cl)cc1N1CCN(C(=O)CCn2ccccc2=O)CC1. The highest BCUT2D eigenvalue weighted by Gasteiger charge is 2.22. The number of hydrogen-bond donors (Lipinski definition) is 0. The summed E-state index contributed by atoms with van der Waals surface area (Å²) in [5.41, 5.74) is 2.25. The van der Waals surface area contributed by atoms with Crippen molar-refractivity contribution in [2.75, 3.05) is 31.1 Å². The molecule has 0 bridgehead atoms. The predicted octanol–water partition coefficient (Wildman–Crippen LogP) is 2.55. The Morgan fingerprint density at radius 1 is 1.12 bits per heavy atom. The van der Waals surface area contributed by atoms with Crippen LogP contribution in [0, 0.1) is 6.92 Å². The Morgan fingerprint density at radius 3 is 2.60 bits per heavy atom. The number of carbonyl (C=O) groups excluding carboxylic acids is 1. The van der Waals surface area contributed by atoms with Gasteiger partial charge in [0.25, 0.3) is 5.56 Å². The Morgan fingerprint density at radius 2 is 1.88 bits per heavy atom. The van der Waals surface area contributed by atoms with E-state index >= 15 is 0 Å². The Balaban J connectivity index is 1.55. The van der Waals surface area contributed by atoms with E-state index in [0.29, 0.717) is 26.1 Å². The summed E-state index contributed by atoms with van der Waals surface area (Å²) in [7, 11) is 0. The van der Waals surface area contributed by atoms with Crippen molar-refractivity contribution >= 4 is 23.2 Å². The summed E-state index contributed by atoms with van der Waals surface area (Å²) in [4.78, 5) is 28.3. The third-order valence-electron chi connectivity index (χ3n) is 4.61. The van der Waals surface area contributed by atoms with Crippen LogP contribution in [0.15, 0.2) is 47.4 Å². The van der Waals surface area contributed by atoms with Crippen molar-refractivity contribution < 1.29 is 4.79 Å². The number of amides is 1. The second kappa shape index (κ2) is 7.74. The number of halogens is 1. The van der Waals surface area contributed by atoms with Gasteiger partial charge in [-0.05, 0) is 30.7 Å². The number of benzene rings is 1. The number of anilines is 1. The summed E-state index contributed by atoms with van der Waals surface area (Å²) >= 11 is 6.11. The number of piperazine rings is 1. The lowest BCUT2D eigenvalue weighted by molar-refractivity contribution is -0.131. The molecule has 2 heterocycles. The van der Waals surface area contributed by atoms with E-state index in [2.05, 4.69) is 11.8 Å². The zero-order valence-electron chi connectivity index (χ0n) is 14.3. The predicted molar refractivity (Wildman–Crippen MR) is 100 cm³/mol. The van der Waals surface area contributed by atoms with Gasteiger partial charge in [-0.25, -0.2) is 0 Å². The van der Waals surface area contributed by atoms with Gasteiger partial charge in [-0.1, -0.05) is 23.7 Å². The number of carbonyl (C=O) groups is 1. The average Bonchev–Trinajstić information content (AvgIpc) is 2.63. The molecule has 1 amide bonds. The molecule has 0 N–H and O–H groups in total. The standard InChI is InChI=1S/C19H22ClN3O2/c1-15-5-6-16(20)14-17(15)21-10-12-23(13-11-21)19(25)7-9-22-8-3-2-4-18(22)24/h2-6,8,14H,7,9-13H2,1H3. The van der Waals surface area contributed by atoms with Crippen molar-refractivity contribution in [2.24, 2.45) is 0 Å². The van der Waals surface area contributed by atoms with Crippen molar-refractivity contribution in [3.8, 4) is 0 Å². The van der Waals surface area contributed by atoms with E-state index in [4.69, 9.17) is 11.6 Å². The molecule has 6 heteroatoms. The molecule has 1 saturated heterocycles. The molecule has 1 aliphatic heterocycles. The molecule has 5 nitrogen and oxygen atoms in total. The van der Waals surface area contributed by atoms with E-state index in [1.807, 2.05) is 23.1 Å². The van der Waals surface area contributed by atoms with Crippen LogP contribution < -0.4 is 10.5 Å². The van der Waals surface area contributed by atoms with Gasteiger partial charge in [0.15, 0.2) is 0 Å². The molecule has 0 radical (unpaired) electrons. The van der Waals surface area contributed by atoms with Gasteiger partial charge in [0.1, 0.15) is 0 Å². The molecule has 1 fully saturated rings. The highest BCUT2D eigenvalue weighted by Crippen LogP contribution is 2.25. The summed E-state index contributed by atoms with van der Waals surface area (Å²) in [5, 5.41) is 0.729. The Kier molecular flexibility index (Phi) is 5.43. The smallest absolute Gasteiger partial charge is 0.250 e. The number of nitrogens with zero attached hydrogens (tertiary/aromatic N) is 3. The fraction of sp³-hybridized carbons (Fsp3) is 0.368. The van der Waals surface area contributed by atoms with E-state index in [0.717, 1.165) is 23.8 Å². The fourth-order valence-corrected chi connectivity index (χ4v) is 3.31. The minimum Gasteiger partial charge on any atom is -0.368 e. The van der Waals surface area contributed by atoms with Crippen LogP contribution in [0.3, 0.4) is 0 Å². The lowest BCUT2D eigenvalue weighted by Crippen LogP contribution is -2.49. The fourth-order valence-electron chi connectivity index (χ4n) is 3.14. The van der Waals surface area contributed by atoms with Gasteiger partial charge in [0.2, 0.25) is 5.91 Å². The van der Waals surface area contributed by atoms with Gasteiger partial charge in [-0.3, -0.25) is 9.59 Å². The largest absolute Gasteiger partial charge is 0.368 e. The summed E-state index contributed by atoms with van der Waals surface area (Å²) in [6.07, 6.45) is 2.07. The molecule has 1 aromatic carbocycles. The molecular formula is C19H22ClN3O2. The van der Waals surface area contributed by atoms with Gasteiger partial charge >= 0.3 is 0 Å². The topological polar surface area (TPSA) is 45.5 Å². The Labute approximate surface area is 152 Å². The van der Waals surface area contributed by atoms with Crippen LogP contribution in [0.25, 0.3) is 0 Å². The van der Waals surface area contributed by atoms with Gasteiger partial charge in [-0.2, -0.15) is 0 Å². The van der Waals surface area contributed by atoms with E-state index in [1.54, 1.807) is 22.9 Å². The van der Waals surface area contributed by atoms with Crippen molar-refractivity contribution in [1.82, 2.24) is 9.47 Å². The monoisotopic (exact) mass is 359 g/mol. The third kappa shape index (κ3) is 4.23. The van der Waals surface area contributed by atoms with Crippen molar-refractivity contribution in [3.63, 3.8) is 0 Å². The highest BCUT2D eigenvalue weighted by atomic mass is 35.5. The molecule has 1 aliphatic rings. The zero-order chi connectivity index (χ0) is 17.8. The molecule has 2 aromatic rings. The second-order valence-corrected chi connectivity index (χ2v) is 6.72. The minimum atomic E-state index is -0.0726. The van der Waals surface area contributed by atoms with E-state index in [1.165, 1.54) is 11.6 Å². The van der Waals surface area contributed by atoms with Crippen LogP contribution in [0.4, 0.5) is 5.69 Å². The molecular weight excluding hydrogens is 338 g/mol. The van der Waals surface area contributed by atoms with Crippen LogP contribution in [-0.2, 0) is 11.3 Å². The van der Waals surface area contributed by atoms with Crippen LogP contribution >= 0.6 is 11.6 Å². The second-order valence-electron chi connectivity index (χ2n) is 6.28. The van der Waals surface area contributed by atoms with Crippen LogP contribution in [0.2, 0.25) is 5.02 Å². The summed E-state index contributed by atoms with van der Waals surface area (Å²) < 4.78 is 1.57. The number of aromatic nitrogens is 1. The number of hydrogen-bond acceptors (Lipinski definition) is 3. The van der Waals surface area contributed by atoms with Crippen molar-refractivity contribution in [2.45, 2.75) is 19.9 Å². The maximum absolute atomic E-state index is 12.4. The quantitative estimate of drug-likeness (QED) is 0.842. The van der Waals surface area contributed by atoms with Gasteiger partial charge in [0.05, 0.1) is 0 Å². The maximum atomic E-state index is 12.4. The van der Waals surface area contributed by atoms with E-state index in [9.17, 15) is 9.59 Å². The molecule has 0 unspecified atom stereocenters. The van der Waals surface area contributed by atoms with Gasteiger partial charge in [-0.15, -0.1) is 0 Å². The molecule has 3 rings (SSSR count). The first-order valence-corrected chi connectivity index (χ1v) is 8.87. The van der Waals surface area contributed by atoms with E-state index in [-0.39, 0.29) is 11.5 Å². The van der Waals surface area contributed by atoms with Crippen molar-refractivity contribution in [1.29, 1.82) is 0 Å². The highest BCUT2D eigenvalue weighted by molar-refractivity contribution is 6.30. The average molecular weight is 360 g/mol. The van der Waals surface area contributed by atoms with Gasteiger partial charge in [0, 0.05) is 62.1 Å². The lowest BCUT2D eigenvalue weighted by atomic mass is 10.1.